The molecular weight excluding hydrogens is 491 g/mol. The Morgan fingerprint density at radius 2 is 2.00 bits per heavy atom. The lowest BCUT2D eigenvalue weighted by molar-refractivity contribution is -0.117. The van der Waals surface area contributed by atoms with Gasteiger partial charge in [0, 0.05) is 57.6 Å². The first kappa shape index (κ1) is 22.1. The second-order valence-corrected chi connectivity index (χ2v) is 7.12. The average Bonchev–Trinajstić information content (AvgIpc) is 3.36. The fourth-order valence-corrected chi connectivity index (χ4v) is 3.54. The highest BCUT2D eigenvalue weighted by molar-refractivity contribution is 14.0. The molecule has 1 aliphatic rings. The Morgan fingerprint density at radius 3 is 2.70 bits per heavy atom. The number of carbonyl (C=O) groups is 1. The van der Waals surface area contributed by atoms with E-state index in [-0.39, 0.29) is 29.9 Å². The van der Waals surface area contributed by atoms with Crippen molar-refractivity contribution in [1.29, 1.82) is 0 Å². The van der Waals surface area contributed by atoms with E-state index in [2.05, 4.69) is 38.9 Å². The van der Waals surface area contributed by atoms with Crippen LogP contribution in [-0.2, 0) is 17.8 Å². The molecule has 2 aromatic heterocycles. The molecule has 0 aliphatic carbocycles. The number of amides is 1. The van der Waals surface area contributed by atoms with Crippen LogP contribution < -0.4 is 15.5 Å². The summed E-state index contributed by atoms with van der Waals surface area (Å²) in [5.74, 6) is 0.971. The van der Waals surface area contributed by atoms with Crippen molar-refractivity contribution in [1.82, 2.24) is 20.0 Å². The summed E-state index contributed by atoms with van der Waals surface area (Å²) < 4.78 is 2.03. The first-order chi connectivity index (χ1) is 14.2. The molecule has 7 nitrogen and oxygen atoms in total. The van der Waals surface area contributed by atoms with Crippen molar-refractivity contribution in [3.63, 3.8) is 0 Å². The molecule has 3 aromatic rings. The first-order valence-corrected chi connectivity index (χ1v) is 9.99. The van der Waals surface area contributed by atoms with Gasteiger partial charge in [0.15, 0.2) is 5.96 Å². The van der Waals surface area contributed by atoms with Gasteiger partial charge in [-0.25, -0.2) is 4.98 Å². The van der Waals surface area contributed by atoms with E-state index in [1.807, 2.05) is 45.8 Å². The molecule has 0 saturated carbocycles. The van der Waals surface area contributed by atoms with Gasteiger partial charge in [0.2, 0.25) is 5.91 Å². The van der Waals surface area contributed by atoms with Gasteiger partial charge in [-0.3, -0.25) is 9.79 Å². The van der Waals surface area contributed by atoms with Gasteiger partial charge in [-0.1, -0.05) is 18.2 Å². The predicted octanol–water partition coefficient (Wildman–Crippen LogP) is 2.99. The second kappa shape index (κ2) is 10.4. The molecule has 2 N–H and O–H groups in total. The number of aromatic nitrogens is 2. The smallest absolute Gasteiger partial charge is 0.227 e. The number of guanidine groups is 1. The normalized spacial score (nSPS) is 14.1. The molecular formula is C22H27IN6O. The number of anilines is 1. The Hall–Kier alpha value is -2.62. The Morgan fingerprint density at radius 1 is 1.17 bits per heavy atom. The molecule has 0 radical (unpaired) electrons. The first-order valence-electron chi connectivity index (χ1n) is 9.99. The number of benzene rings is 1. The topological polar surface area (TPSA) is 74.0 Å². The fraction of sp³-hybridized carbons (Fsp3) is 0.318. The van der Waals surface area contributed by atoms with Gasteiger partial charge in [0.05, 0.1) is 5.69 Å². The summed E-state index contributed by atoms with van der Waals surface area (Å²) in [5.41, 5.74) is 4.13. The van der Waals surface area contributed by atoms with Gasteiger partial charge >= 0.3 is 0 Å². The van der Waals surface area contributed by atoms with Crippen LogP contribution in [-0.4, -0.2) is 41.4 Å². The summed E-state index contributed by atoms with van der Waals surface area (Å²) in [6.45, 7) is 2.24. The van der Waals surface area contributed by atoms with Gasteiger partial charge in [0.25, 0.3) is 0 Å². The Balaban J connectivity index is 0.00000256. The number of carbonyl (C=O) groups excluding carboxylic acids is 1. The van der Waals surface area contributed by atoms with Crippen LogP contribution in [0.2, 0.25) is 0 Å². The van der Waals surface area contributed by atoms with Crippen LogP contribution in [0.5, 0.6) is 0 Å². The van der Waals surface area contributed by atoms with E-state index in [9.17, 15) is 4.79 Å². The third kappa shape index (κ3) is 5.29. The molecule has 0 unspecified atom stereocenters. The van der Waals surface area contributed by atoms with Crippen LogP contribution in [0, 0.1) is 0 Å². The Bertz CT molecular complexity index is 981. The van der Waals surface area contributed by atoms with Gasteiger partial charge in [-0.2, -0.15) is 0 Å². The molecule has 0 atom stereocenters. The number of halogens is 1. The minimum Gasteiger partial charge on any atom is -0.356 e. The molecule has 1 aromatic carbocycles. The van der Waals surface area contributed by atoms with E-state index < -0.39 is 0 Å². The maximum atomic E-state index is 11.9. The summed E-state index contributed by atoms with van der Waals surface area (Å²) >= 11 is 0. The number of hydrogen-bond donors (Lipinski definition) is 2. The number of rotatable bonds is 6. The zero-order valence-electron chi connectivity index (χ0n) is 17.0. The van der Waals surface area contributed by atoms with Crippen molar-refractivity contribution in [3.05, 3.63) is 66.1 Å². The number of imidazole rings is 1. The Labute approximate surface area is 193 Å². The van der Waals surface area contributed by atoms with Crippen LogP contribution in [0.1, 0.15) is 24.1 Å². The van der Waals surface area contributed by atoms with E-state index >= 15 is 0 Å². The monoisotopic (exact) mass is 518 g/mol. The van der Waals surface area contributed by atoms with Crippen molar-refractivity contribution in [2.75, 3.05) is 25.0 Å². The van der Waals surface area contributed by atoms with Crippen molar-refractivity contribution in [2.24, 2.45) is 4.99 Å². The molecule has 158 valence electrons. The van der Waals surface area contributed by atoms with Gasteiger partial charge in [0.1, 0.15) is 5.65 Å². The van der Waals surface area contributed by atoms with Crippen molar-refractivity contribution >= 4 is 47.2 Å². The van der Waals surface area contributed by atoms with Gasteiger partial charge < -0.3 is 19.9 Å². The predicted molar refractivity (Wildman–Crippen MR) is 131 cm³/mol. The third-order valence-corrected chi connectivity index (χ3v) is 5.09. The van der Waals surface area contributed by atoms with E-state index in [0.29, 0.717) is 13.0 Å². The maximum absolute atomic E-state index is 11.9. The molecule has 1 fully saturated rings. The van der Waals surface area contributed by atoms with Crippen LogP contribution in [0.3, 0.4) is 0 Å². The van der Waals surface area contributed by atoms with Crippen LogP contribution >= 0.6 is 24.0 Å². The van der Waals surface area contributed by atoms with Crippen LogP contribution in [0.4, 0.5) is 5.69 Å². The van der Waals surface area contributed by atoms with E-state index in [4.69, 9.17) is 0 Å². The van der Waals surface area contributed by atoms with E-state index in [1.165, 1.54) is 0 Å². The highest BCUT2D eigenvalue weighted by Crippen LogP contribution is 2.21. The standard InChI is InChI=1S/C22H26N6O.HI/c1-23-22(24-12-11-18-16-27-13-3-2-5-20(27)26-18)25-15-17-7-9-19(10-8-17)28-14-4-6-21(28)29;/h2-3,5,7-10,13,16H,4,6,11-12,14-15H2,1H3,(H2,23,24,25);1H. The van der Waals surface area contributed by atoms with Crippen molar-refractivity contribution in [2.45, 2.75) is 25.8 Å². The number of fused-ring (bicyclic) bond motifs is 1. The van der Waals surface area contributed by atoms with Crippen molar-refractivity contribution < 1.29 is 4.79 Å². The largest absolute Gasteiger partial charge is 0.356 e. The highest BCUT2D eigenvalue weighted by atomic mass is 127. The zero-order chi connectivity index (χ0) is 20.1. The van der Waals surface area contributed by atoms with E-state index in [1.54, 1.807) is 7.05 Å². The summed E-state index contributed by atoms with van der Waals surface area (Å²) in [4.78, 5) is 22.6. The molecule has 8 heteroatoms. The van der Waals surface area contributed by atoms with Crippen LogP contribution in [0.25, 0.3) is 5.65 Å². The summed E-state index contributed by atoms with van der Waals surface area (Å²) in [6.07, 6.45) is 6.48. The fourth-order valence-electron chi connectivity index (χ4n) is 3.54. The quantitative estimate of drug-likeness (QED) is 0.299. The SMILES string of the molecule is CN=C(NCCc1cn2ccccc2n1)NCc1ccc(N2CCCC2=O)cc1.I. The molecule has 0 bridgehead atoms. The molecule has 30 heavy (non-hydrogen) atoms. The Kier molecular flexibility index (Phi) is 7.67. The molecule has 4 rings (SSSR count). The molecule has 1 aliphatic heterocycles. The number of pyridine rings is 1. The van der Waals surface area contributed by atoms with Gasteiger partial charge in [-0.05, 0) is 36.2 Å². The number of nitrogens with one attached hydrogen (secondary N) is 2. The van der Waals surface area contributed by atoms with Crippen LogP contribution in [0.15, 0.2) is 59.9 Å². The summed E-state index contributed by atoms with van der Waals surface area (Å²) in [7, 11) is 1.77. The average molecular weight is 518 g/mol. The second-order valence-electron chi connectivity index (χ2n) is 7.12. The van der Waals surface area contributed by atoms with Crippen molar-refractivity contribution in [3.8, 4) is 0 Å². The minimum absolute atomic E-state index is 0. The number of nitrogens with zero attached hydrogens (tertiary/aromatic N) is 4. The molecule has 0 spiro atoms. The zero-order valence-corrected chi connectivity index (χ0v) is 19.4. The lowest BCUT2D eigenvalue weighted by Gasteiger charge is -2.16. The molecule has 1 amide bonds. The summed E-state index contributed by atoms with van der Waals surface area (Å²) in [6, 6.07) is 14.1. The third-order valence-electron chi connectivity index (χ3n) is 5.09. The van der Waals surface area contributed by atoms with E-state index in [0.717, 1.165) is 54.5 Å². The summed E-state index contributed by atoms with van der Waals surface area (Å²) in [5, 5.41) is 6.66. The molecule has 3 heterocycles. The lowest BCUT2D eigenvalue weighted by Crippen LogP contribution is -2.37. The maximum Gasteiger partial charge on any atom is 0.227 e. The minimum atomic E-state index is 0. The molecule has 1 saturated heterocycles. The highest BCUT2D eigenvalue weighted by Gasteiger charge is 2.21. The number of hydrogen-bond acceptors (Lipinski definition) is 3. The van der Waals surface area contributed by atoms with Gasteiger partial charge in [-0.15, -0.1) is 24.0 Å². The number of aliphatic imine (C=N–C) groups is 1. The lowest BCUT2D eigenvalue weighted by atomic mass is 10.2.